The number of rotatable bonds is 8. The molecule has 0 spiro atoms. The van der Waals surface area contributed by atoms with E-state index in [1.165, 1.54) is 19.3 Å². The van der Waals surface area contributed by atoms with Crippen molar-refractivity contribution in [3.05, 3.63) is 0 Å². The summed E-state index contributed by atoms with van der Waals surface area (Å²) in [7, 11) is 0. The molecule has 3 heteroatoms. The number of hydrogen-bond donors (Lipinski definition) is 2. The Hall–Kier alpha value is -0.570. The van der Waals surface area contributed by atoms with Crippen molar-refractivity contribution in [1.29, 1.82) is 0 Å². The predicted octanol–water partition coefficient (Wildman–Crippen LogP) is 2.23. The van der Waals surface area contributed by atoms with Crippen molar-refractivity contribution in [3.63, 3.8) is 0 Å². The maximum Gasteiger partial charge on any atom is 0.220 e. The number of carbonyl (C=O) groups excluding carboxylic acids is 1. The molecule has 0 aromatic carbocycles. The summed E-state index contributed by atoms with van der Waals surface area (Å²) in [6.07, 6.45) is 6.37. The van der Waals surface area contributed by atoms with E-state index in [9.17, 15) is 9.90 Å². The molecule has 2 N–H and O–H groups in total. The van der Waals surface area contributed by atoms with Crippen LogP contribution in [0.4, 0.5) is 0 Å². The second-order valence-corrected chi connectivity index (χ2v) is 4.75. The summed E-state index contributed by atoms with van der Waals surface area (Å²) in [5, 5.41) is 12.1. The molecule has 3 nitrogen and oxygen atoms in total. The molecule has 0 bridgehead atoms. The van der Waals surface area contributed by atoms with Crippen molar-refractivity contribution in [2.75, 3.05) is 6.54 Å². The topological polar surface area (TPSA) is 49.3 Å². The van der Waals surface area contributed by atoms with Gasteiger partial charge in [-0.1, -0.05) is 32.6 Å². The summed E-state index contributed by atoms with van der Waals surface area (Å²) in [6.45, 7) is 5.89. The minimum atomic E-state index is -0.808. The highest BCUT2D eigenvalue weighted by Gasteiger charge is 2.13. The molecule has 0 fully saturated rings. The molecular weight excluding hydrogens is 190 g/mol. The van der Waals surface area contributed by atoms with Gasteiger partial charge in [0.25, 0.3) is 0 Å². The Balaban J connectivity index is 3.34. The molecule has 0 heterocycles. The highest BCUT2D eigenvalue weighted by Crippen LogP contribution is 2.05. The molecule has 0 saturated heterocycles. The van der Waals surface area contributed by atoms with Crippen LogP contribution < -0.4 is 5.32 Å². The first-order valence-corrected chi connectivity index (χ1v) is 5.95. The lowest BCUT2D eigenvalue weighted by Gasteiger charge is -2.17. The molecule has 0 aromatic heterocycles. The van der Waals surface area contributed by atoms with Gasteiger partial charge in [-0.3, -0.25) is 4.79 Å². The van der Waals surface area contributed by atoms with Crippen molar-refractivity contribution in [1.82, 2.24) is 5.32 Å². The Morgan fingerprint density at radius 1 is 1.20 bits per heavy atom. The van der Waals surface area contributed by atoms with Gasteiger partial charge in [-0.25, -0.2) is 0 Å². The van der Waals surface area contributed by atoms with Crippen LogP contribution in [0.3, 0.4) is 0 Å². The zero-order valence-corrected chi connectivity index (χ0v) is 10.3. The molecule has 0 radical (unpaired) electrons. The summed E-state index contributed by atoms with van der Waals surface area (Å²) in [4.78, 5) is 11.3. The first kappa shape index (κ1) is 14.4. The molecule has 0 saturated carbocycles. The van der Waals surface area contributed by atoms with E-state index in [4.69, 9.17) is 0 Å². The fourth-order valence-corrected chi connectivity index (χ4v) is 1.29. The first-order valence-electron chi connectivity index (χ1n) is 5.95. The minimum Gasteiger partial charge on any atom is -0.389 e. The lowest BCUT2D eigenvalue weighted by Crippen LogP contribution is -2.38. The largest absolute Gasteiger partial charge is 0.389 e. The molecule has 0 unspecified atom stereocenters. The van der Waals surface area contributed by atoms with Crippen LogP contribution in [-0.2, 0) is 4.79 Å². The zero-order valence-electron chi connectivity index (χ0n) is 10.3. The van der Waals surface area contributed by atoms with Gasteiger partial charge in [-0.15, -0.1) is 0 Å². The third-order valence-corrected chi connectivity index (χ3v) is 2.23. The van der Waals surface area contributed by atoms with Crippen LogP contribution in [0.1, 0.15) is 59.3 Å². The van der Waals surface area contributed by atoms with E-state index in [2.05, 4.69) is 12.2 Å². The lowest BCUT2D eigenvalue weighted by atomic mass is 10.1. The van der Waals surface area contributed by atoms with Gasteiger partial charge in [0.1, 0.15) is 0 Å². The monoisotopic (exact) mass is 215 g/mol. The van der Waals surface area contributed by atoms with Crippen molar-refractivity contribution in [2.24, 2.45) is 0 Å². The van der Waals surface area contributed by atoms with Crippen LogP contribution in [0.25, 0.3) is 0 Å². The van der Waals surface area contributed by atoms with Crippen LogP contribution in [0.15, 0.2) is 0 Å². The average molecular weight is 215 g/mol. The third kappa shape index (κ3) is 11.4. The molecule has 0 aliphatic heterocycles. The normalized spacial score (nSPS) is 11.5. The Bertz CT molecular complexity index is 173. The maximum atomic E-state index is 11.3. The van der Waals surface area contributed by atoms with Crippen molar-refractivity contribution in [3.8, 4) is 0 Å². The van der Waals surface area contributed by atoms with Crippen LogP contribution in [-0.4, -0.2) is 23.2 Å². The molecular formula is C12H25NO2. The zero-order chi connectivity index (χ0) is 11.7. The van der Waals surface area contributed by atoms with E-state index < -0.39 is 5.60 Å². The Kier molecular flexibility index (Phi) is 7.39. The van der Waals surface area contributed by atoms with Gasteiger partial charge >= 0.3 is 0 Å². The molecule has 15 heavy (non-hydrogen) atoms. The molecule has 0 aliphatic rings. The van der Waals surface area contributed by atoms with Crippen molar-refractivity contribution < 1.29 is 9.90 Å². The second-order valence-electron chi connectivity index (χ2n) is 4.75. The summed E-state index contributed by atoms with van der Waals surface area (Å²) >= 11 is 0. The van der Waals surface area contributed by atoms with Gasteiger partial charge in [0.2, 0.25) is 5.91 Å². The first-order chi connectivity index (χ1) is 6.95. The highest BCUT2D eigenvalue weighted by atomic mass is 16.3. The maximum absolute atomic E-state index is 11.3. The van der Waals surface area contributed by atoms with E-state index in [1.807, 2.05) is 0 Å². The standard InChI is InChI=1S/C12H25NO2/c1-4-5-6-7-8-9-11(14)13-10-12(2,3)15/h15H,4-10H2,1-3H3,(H,13,14). The van der Waals surface area contributed by atoms with E-state index in [1.54, 1.807) is 13.8 Å². The van der Waals surface area contributed by atoms with Crippen molar-refractivity contribution >= 4 is 5.91 Å². The Labute approximate surface area is 93.3 Å². The Morgan fingerprint density at radius 3 is 2.33 bits per heavy atom. The molecule has 1 amide bonds. The van der Waals surface area contributed by atoms with Crippen LogP contribution >= 0.6 is 0 Å². The third-order valence-electron chi connectivity index (χ3n) is 2.23. The SMILES string of the molecule is CCCCCCCC(=O)NCC(C)(C)O. The van der Waals surface area contributed by atoms with Gasteiger partial charge in [0.15, 0.2) is 0 Å². The van der Waals surface area contributed by atoms with Gasteiger partial charge in [-0.2, -0.15) is 0 Å². The minimum absolute atomic E-state index is 0.0497. The smallest absolute Gasteiger partial charge is 0.220 e. The number of carbonyl (C=O) groups is 1. The molecule has 0 aromatic rings. The summed E-state index contributed by atoms with van der Waals surface area (Å²) in [6, 6.07) is 0. The molecule has 0 atom stereocenters. The van der Waals surface area contributed by atoms with Gasteiger partial charge < -0.3 is 10.4 Å². The quantitative estimate of drug-likeness (QED) is 0.610. The molecule has 0 rings (SSSR count). The summed E-state index contributed by atoms with van der Waals surface area (Å²) in [5.74, 6) is 0.0497. The number of aliphatic hydroxyl groups is 1. The van der Waals surface area contributed by atoms with Gasteiger partial charge in [0.05, 0.1) is 5.60 Å². The number of nitrogens with one attached hydrogen (secondary N) is 1. The summed E-state index contributed by atoms with van der Waals surface area (Å²) < 4.78 is 0. The van der Waals surface area contributed by atoms with Crippen LogP contribution in [0, 0.1) is 0 Å². The fraction of sp³-hybridized carbons (Fsp3) is 0.917. The Morgan fingerprint density at radius 2 is 1.80 bits per heavy atom. The van der Waals surface area contributed by atoms with E-state index in [0.717, 1.165) is 12.8 Å². The van der Waals surface area contributed by atoms with E-state index in [-0.39, 0.29) is 5.91 Å². The van der Waals surface area contributed by atoms with Crippen LogP contribution in [0.2, 0.25) is 0 Å². The number of unbranched alkanes of at least 4 members (excludes halogenated alkanes) is 4. The second kappa shape index (κ2) is 7.69. The van der Waals surface area contributed by atoms with Crippen LogP contribution in [0.5, 0.6) is 0 Å². The average Bonchev–Trinajstić information content (AvgIpc) is 2.13. The van der Waals surface area contributed by atoms with Gasteiger partial charge in [0, 0.05) is 13.0 Å². The molecule has 0 aliphatic carbocycles. The van der Waals surface area contributed by atoms with E-state index in [0.29, 0.717) is 13.0 Å². The lowest BCUT2D eigenvalue weighted by molar-refractivity contribution is -0.122. The van der Waals surface area contributed by atoms with E-state index >= 15 is 0 Å². The number of hydrogen-bond acceptors (Lipinski definition) is 2. The van der Waals surface area contributed by atoms with Gasteiger partial charge in [-0.05, 0) is 20.3 Å². The fourth-order valence-electron chi connectivity index (χ4n) is 1.29. The number of amides is 1. The molecule has 90 valence electrons. The predicted molar refractivity (Wildman–Crippen MR) is 62.7 cm³/mol. The van der Waals surface area contributed by atoms with Crippen molar-refractivity contribution in [2.45, 2.75) is 64.9 Å². The summed E-state index contributed by atoms with van der Waals surface area (Å²) in [5.41, 5.74) is -0.808. The highest BCUT2D eigenvalue weighted by molar-refractivity contribution is 5.75.